The molecule has 96 valence electrons. The first-order valence-electron chi connectivity index (χ1n) is 5.95. The molecule has 18 heavy (non-hydrogen) atoms. The first-order valence-corrected chi connectivity index (χ1v) is 5.95. The average molecular weight is 245 g/mol. The summed E-state index contributed by atoms with van der Waals surface area (Å²) in [5, 5.41) is 0. The van der Waals surface area contributed by atoms with Crippen LogP contribution in [0.4, 0.5) is 5.82 Å². The summed E-state index contributed by atoms with van der Waals surface area (Å²) in [7, 11) is 0. The Labute approximate surface area is 107 Å². The number of nitrogen functional groups attached to an aromatic ring is 1. The highest BCUT2D eigenvalue weighted by Crippen LogP contribution is 2.24. The van der Waals surface area contributed by atoms with E-state index in [-0.39, 0.29) is 5.41 Å². The fraction of sp³-hybridized carbons (Fsp3) is 0.462. The van der Waals surface area contributed by atoms with Gasteiger partial charge in [0.15, 0.2) is 0 Å². The Morgan fingerprint density at radius 2 is 1.83 bits per heavy atom. The lowest BCUT2D eigenvalue weighted by Crippen LogP contribution is -2.20. The number of nitrogens with two attached hydrogens (primary N) is 1. The predicted octanol–water partition coefficient (Wildman–Crippen LogP) is 2.16. The molecule has 2 rings (SSSR count). The highest BCUT2D eigenvalue weighted by atomic mass is 15.1. The van der Waals surface area contributed by atoms with E-state index in [2.05, 4.69) is 35.7 Å². The van der Waals surface area contributed by atoms with E-state index in [0.29, 0.717) is 5.82 Å². The van der Waals surface area contributed by atoms with Crippen molar-refractivity contribution in [2.24, 2.45) is 0 Å². The Hall–Kier alpha value is -1.91. The normalized spacial score (nSPS) is 11.8. The molecule has 0 spiro atoms. The number of imidazole rings is 1. The molecule has 0 saturated carbocycles. The molecule has 0 bridgehead atoms. The number of nitrogens with zero attached hydrogens (tertiary/aromatic N) is 4. The maximum Gasteiger partial charge on any atom is 0.146 e. The number of hydrogen-bond acceptors (Lipinski definition) is 4. The fourth-order valence-electron chi connectivity index (χ4n) is 1.69. The van der Waals surface area contributed by atoms with Crippen LogP contribution in [0.5, 0.6) is 0 Å². The molecular weight excluding hydrogens is 226 g/mol. The van der Waals surface area contributed by atoms with E-state index in [9.17, 15) is 0 Å². The van der Waals surface area contributed by atoms with Crippen LogP contribution < -0.4 is 5.73 Å². The minimum atomic E-state index is -0.134. The molecule has 0 aliphatic heterocycles. The van der Waals surface area contributed by atoms with Crippen molar-refractivity contribution in [1.29, 1.82) is 0 Å². The second-order valence-electron chi connectivity index (χ2n) is 5.48. The summed E-state index contributed by atoms with van der Waals surface area (Å²) < 4.78 is 1.93. The monoisotopic (exact) mass is 245 g/mol. The smallest absolute Gasteiger partial charge is 0.146 e. The molecule has 2 N–H and O–H groups in total. The summed E-state index contributed by atoms with van der Waals surface area (Å²) in [6, 6.07) is 0. The molecule has 5 heteroatoms. The zero-order chi connectivity index (χ0) is 13.5. The third kappa shape index (κ3) is 2.08. The number of aryl methyl sites for hydroxylation is 1. The van der Waals surface area contributed by atoms with Gasteiger partial charge in [-0.3, -0.25) is 4.57 Å². The van der Waals surface area contributed by atoms with Gasteiger partial charge in [0.2, 0.25) is 0 Å². The highest BCUT2D eigenvalue weighted by Gasteiger charge is 2.21. The van der Waals surface area contributed by atoms with Crippen LogP contribution in [0.1, 0.15) is 38.0 Å². The lowest BCUT2D eigenvalue weighted by molar-refractivity contribution is 0.543. The van der Waals surface area contributed by atoms with Crippen LogP contribution in [0.3, 0.4) is 0 Å². The van der Waals surface area contributed by atoms with Gasteiger partial charge < -0.3 is 5.73 Å². The van der Waals surface area contributed by atoms with Crippen molar-refractivity contribution in [3.63, 3.8) is 0 Å². The van der Waals surface area contributed by atoms with E-state index in [1.54, 1.807) is 6.20 Å². The maximum absolute atomic E-state index is 5.99. The largest absolute Gasteiger partial charge is 0.383 e. The summed E-state index contributed by atoms with van der Waals surface area (Å²) in [6.45, 7) is 10.1. The number of rotatable bonds is 1. The van der Waals surface area contributed by atoms with Crippen LogP contribution >= 0.6 is 0 Å². The SMILES string of the molecule is Cc1c(N)nc(C(C)(C)C)nc1-n1ccnc1C. The Balaban J connectivity index is 2.68. The molecule has 0 atom stereocenters. The fourth-order valence-corrected chi connectivity index (χ4v) is 1.69. The quantitative estimate of drug-likeness (QED) is 0.835. The topological polar surface area (TPSA) is 69.6 Å². The highest BCUT2D eigenvalue weighted by molar-refractivity contribution is 5.49. The summed E-state index contributed by atoms with van der Waals surface area (Å²) in [5.74, 6) is 2.96. The van der Waals surface area contributed by atoms with Crippen LogP contribution in [-0.2, 0) is 5.41 Å². The van der Waals surface area contributed by atoms with Crippen molar-refractivity contribution in [3.8, 4) is 5.82 Å². The van der Waals surface area contributed by atoms with Gasteiger partial charge in [0, 0.05) is 23.4 Å². The standard InChI is InChI=1S/C13H19N5/c1-8-10(14)16-12(13(3,4)5)17-11(8)18-7-6-15-9(18)2/h6-7H,1-5H3,(H2,14,16,17). The molecule has 0 fully saturated rings. The maximum atomic E-state index is 5.99. The minimum absolute atomic E-state index is 0.134. The second kappa shape index (κ2) is 4.08. The Morgan fingerprint density at radius 1 is 1.17 bits per heavy atom. The molecule has 0 unspecified atom stereocenters. The minimum Gasteiger partial charge on any atom is -0.383 e. The zero-order valence-electron chi connectivity index (χ0n) is 11.5. The number of hydrogen-bond donors (Lipinski definition) is 1. The van der Waals surface area contributed by atoms with Crippen molar-refractivity contribution in [3.05, 3.63) is 29.6 Å². The van der Waals surface area contributed by atoms with Gasteiger partial charge in [-0.2, -0.15) is 0 Å². The summed E-state index contributed by atoms with van der Waals surface area (Å²) >= 11 is 0. The zero-order valence-corrected chi connectivity index (χ0v) is 11.5. The van der Waals surface area contributed by atoms with E-state index in [4.69, 9.17) is 5.73 Å². The van der Waals surface area contributed by atoms with Gasteiger partial charge in [-0.05, 0) is 13.8 Å². The molecule has 0 aliphatic rings. The first-order chi connectivity index (χ1) is 8.30. The van der Waals surface area contributed by atoms with Gasteiger partial charge in [0.25, 0.3) is 0 Å². The average Bonchev–Trinajstić information content (AvgIpc) is 2.67. The Morgan fingerprint density at radius 3 is 2.33 bits per heavy atom. The molecule has 2 aromatic rings. The van der Waals surface area contributed by atoms with Crippen molar-refractivity contribution in [2.75, 3.05) is 5.73 Å². The van der Waals surface area contributed by atoms with E-state index in [1.165, 1.54) is 0 Å². The van der Waals surface area contributed by atoms with Crippen LogP contribution in [0, 0.1) is 13.8 Å². The summed E-state index contributed by atoms with van der Waals surface area (Å²) in [5.41, 5.74) is 6.73. The van der Waals surface area contributed by atoms with Crippen LogP contribution in [0.2, 0.25) is 0 Å². The van der Waals surface area contributed by atoms with Gasteiger partial charge in [0.1, 0.15) is 23.3 Å². The van der Waals surface area contributed by atoms with Crippen molar-refractivity contribution < 1.29 is 0 Å². The summed E-state index contributed by atoms with van der Waals surface area (Å²) in [6.07, 6.45) is 3.64. The van der Waals surface area contributed by atoms with Gasteiger partial charge in [-0.25, -0.2) is 15.0 Å². The van der Waals surface area contributed by atoms with Crippen molar-refractivity contribution in [1.82, 2.24) is 19.5 Å². The lowest BCUT2D eigenvalue weighted by atomic mass is 9.95. The van der Waals surface area contributed by atoms with Crippen LogP contribution in [0.15, 0.2) is 12.4 Å². The molecule has 0 amide bonds. The van der Waals surface area contributed by atoms with Gasteiger partial charge >= 0.3 is 0 Å². The molecular formula is C13H19N5. The van der Waals surface area contributed by atoms with Crippen LogP contribution in [0.25, 0.3) is 5.82 Å². The van der Waals surface area contributed by atoms with Gasteiger partial charge in [-0.15, -0.1) is 0 Å². The predicted molar refractivity (Wildman–Crippen MR) is 71.7 cm³/mol. The molecule has 0 radical (unpaired) electrons. The third-order valence-electron chi connectivity index (χ3n) is 2.88. The van der Waals surface area contributed by atoms with E-state index in [0.717, 1.165) is 23.0 Å². The third-order valence-corrected chi connectivity index (χ3v) is 2.88. The van der Waals surface area contributed by atoms with E-state index >= 15 is 0 Å². The summed E-state index contributed by atoms with van der Waals surface area (Å²) in [4.78, 5) is 13.2. The van der Waals surface area contributed by atoms with Crippen molar-refractivity contribution in [2.45, 2.75) is 40.0 Å². The first kappa shape index (κ1) is 12.5. The molecule has 2 heterocycles. The van der Waals surface area contributed by atoms with Crippen LogP contribution in [-0.4, -0.2) is 19.5 Å². The molecule has 0 aliphatic carbocycles. The molecule has 5 nitrogen and oxygen atoms in total. The lowest BCUT2D eigenvalue weighted by Gasteiger charge is -2.19. The second-order valence-corrected chi connectivity index (χ2v) is 5.48. The van der Waals surface area contributed by atoms with E-state index in [1.807, 2.05) is 24.6 Å². The number of aromatic nitrogens is 4. The Bertz CT molecular complexity index is 578. The Kier molecular flexibility index (Phi) is 2.84. The van der Waals surface area contributed by atoms with Gasteiger partial charge in [-0.1, -0.05) is 20.8 Å². The van der Waals surface area contributed by atoms with Gasteiger partial charge in [0.05, 0.1) is 0 Å². The van der Waals surface area contributed by atoms with E-state index < -0.39 is 0 Å². The molecule has 0 saturated heterocycles. The molecule has 0 aromatic carbocycles. The number of anilines is 1. The molecule has 2 aromatic heterocycles. The van der Waals surface area contributed by atoms with Crippen molar-refractivity contribution >= 4 is 5.82 Å².